The Labute approximate surface area is 138 Å². The molecule has 2 aromatic heterocycles. The number of nitrogens with one attached hydrogen (secondary N) is 1. The van der Waals surface area contributed by atoms with E-state index < -0.39 is 5.97 Å². The zero-order valence-electron chi connectivity index (χ0n) is 13.5. The number of aromatic nitrogens is 2. The van der Waals surface area contributed by atoms with Crippen LogP contribution < -0.4 is 9.47 Å². The van der Waals surface area contributed by atoms with Crippen LogP contribution in [0, 0.1) is 6.92 Å². The van der Waals surface area contributed by atoms with Gasteiger partial charge in [-0.15, -0.1) is 0 Å². The van der Waals surface area contributed by atoms with Crippen molar-refractivity contribution < 1.29 is 19.1 Å². The minimum Gasteiger partial charge on any atom is -0.497 e. The molecular weight excluding hydrogens is 308 g/mol. The van der Waals surface area contributed by atoms with E-state index in [-0.39, 0.29) is 22.9 Å². The zero-order chi connectivity index (χ0) is 17.3. The molecule has 24 heavy (non-hydrogen) atoms. The molecule has 3 rings (SSSR count). The average molecular weight is 324 g/mol. The lowest BCUT2D eigenvalue weighted by Gasteiger charge is -2.04. The first kappa shape index (κ1) is 15.7. The molecule has 0 bridgehead atoms. The number of nitrogens with zero attached hydrogens (tertiary/aromatic N) is 1. The summed E-state index contributed by atoms with van der Waals surface area (Å²) in [6.45, 7) is 3.17. The summed E-state index contributed by atoms with van der Waals surface area (Å²) in [5.74, 6) is -0.0117. The molecule has 0 unspecified atom stereocenters. The fraction of sp³-hybridized carbons (Fsp3) is 0.167. The molecule has 6 nitrogen and oxygen atoms in total. The lowest BCUT2D eigenvalue weighted by Crippen LogP contribution is -2.09. The highest BCUT2D eigenvalue weighted by molar-refractivity contribution is 6.13. The number of fused-ring (bicyclic) bond motifs is 1. The van der Waals surface area contributed by atoms with Crippen molar-refractivity contribution in [3.63, 3.8) is 0 Å². The number of rotatable bonds is 4. The molecule has 1 aromatic carbocycles. The monoisotopic (exact) mass is 324 g/mol. The first-order valence-electron chi connectivity index (χ1n) is 7.35. The van der Waals surface area contributed by atoms with Gasteiger partial charge >= 0.3 is 5.97 Å². The Morgan fingerprint density at radius 3 is 2.62 bits per heavy atom. The van der Waals surface area contributed by atoms with Gasteiger partial charge in [0.15, 0.2) is 5.75 Å². The van der Waals surface area contributed by atoms with E-state index in [2.05, 4.69) is 9.97 Å². The summed E-state index contributed by atoms with van der Waals surface area (Å²) in [6, 6.07) is 8.71. The summed E-state index contributed by atoms with van der Waals surface area (Å²) in [6.07, 6.45) is 1.57. The summed E-state index contributed by atoms with van der Waals surface area (Å²) < 4.78 is 10.5. The first-order valence-corrected chi connectivity index (χ1v) is 7.35. The fourth-order valence-corrected chi connectivity index (χ4v) is 2.48. The largest absolute Gasteiger partial charge is 0.497 e. The third-order valence-corrected chi connectivity index (χ3v) is 3.58. The lowest BCUT2D eigenvalue weighted by atomic mass is 10.1. The van der Waals surface area contributed by atoms with Gasteiger partial charge in [0.1, 0.15) is 17.1 Å². The summed E-state index contributed by atoms with van der Waals surface area (Å²) in [5, 5.41) is 0.627. The normalized spacial score (nSPS) is 10.6. The van der Waals surface area contributed by atoms with E-state index in [1.54, 1.807) is 43.6 Å². The summed E-state index contributed by atoms with van der Waals surface area (Å²) in [5.41, 5.74) is 2.02. The molecule has 0 saturated carbocycles. The van der Waals surface area contributed by atoms with Gasteiger partial charge in [0, 0.05) is 24.6 Å². The van der Waals surface area contributed by atoms with E-state index in [9.17, 15) is 9.59 Å². The number of methoxy groups -OCH3 is 1. The smallest absolute Gasteiger partial charge is 0.308 e. The van der Waals surface area contributed by atoms with Gasteiger partial charge in [-0.05, 0) is 36.8 Å². The van der Waals surface area contributed by atoms with Gasteiger partial charge in [-0.1, -0.05) is 0 Å². The highest BCUT2D eigenvalue weighted by atomic mass is 16.5. The molecule has 0 spiro atoms. The van der Waals surface area contributed by atoms with Crippen LogP contribution in [0.25, 0.3) is 10.9 Å². The Morgan fingerprint density at radius 2 is 1.96 bits per heavy atom. The van der Waals surface area contributed by atoms with Crippen LogP contribution in [0.3, 0.4) is 0 Å². The number of benzene rings is 1. The third kappa shape index (κ3) is 2.86. The van der Waals surface area contributed by atoms with Crippen molar-refractivity contribution in [1.29, 1.82) is 0 Å². The second-order valence-electron chi connectivity index (χ2n) is 5.38. The number of ketones is 1. The van der Waals surface area contributed by atoms with Crippen molar-refractivity contribution in [1.82, 2.24) is 9.97 Å². The zero-order valence-corrected chi connectivity index (χ0v) is 13.5. The van der Waals surface area contributed by atoms with Crippen molar-refractivity contribution >= 4 is 22.7 Å². The topological polar surface area (TPSA) is 81.3 Å². The standard InChI is InChI=1S/C18H16N2O4/c1-10-6-7-19-15(8-10)17(22)16-18(24-11(2)21)13-5-4-12(23-3)9-14(13)20-16/h4-9,20H,1-3H3. The number of hydrogen-bond acceptors (Lipinski definition) is 5. The second kappa shape index (κ2) is 6.16. The number of aromatic amines is 1. The number of pyridine rings is 1. The van der Waals surface area contributed by atoms with Gasteiger partial charge in [-0.2, -0.15) is 0 Å². The van der Waals surface area contributed by atoms with E-state index in [1.165, 1.54) is 6.92 Å². The molecular formula is C18H16N2O4. The van der Waals surface area contributed by atoms with Crippen LogP contribution in [-0.4, -0.2) is 28.8 Å². The van der Waals surface area contributed by atoms with Gasteiger partial charge in [-0.25, -0.2) is 0 Å². The molecule has 0 radical (unpaired) electrons. The molecule has 0 aliphatic heterocycles. The number of carbonyl (C=O) groups is 2. The highest BCUT2D eigenvalue weighted by Crippen LogP contribution is 2.33. The van der Waals surface area contributed by atoms with Gasteiger partial charge in [-0.3, -0.25) is 14.6 Å². The number of hydrogen-bond donors (Lipinski definition) is 1. The molecule has 0 atom stereocenters. The van der Waals surface area contributed by atoms with Crippen molar-refractivity contribution in [3.8, 4) is 11.5 Å². The first-order chi connectivity index (χ1) is 11.5. The molecule has 6 heteroatoms. The van der Waals surface area contributed by atoms with Crippen LogP contribution in [0.1, 0.15) is 28.7 Å². The minimum absolute atomic E-state index is 0.187. The SMILES string of the molecule is COc1ccc2c(OC(C)=O)c(C(=O)c3cc(C)ccn3)[nH]c2c1. The van der Waals surface area contributed by atoms with Crippen LogP contribution in [0.2, 0.25) is 0 Å². The Balaban J connectivity index is 2.18. The Kier molecular flexibility index (Phi) is 4.04. The molecule has 1 N–H and O–H groups in total. The minimum atomic E-state index is -0.502. The highest BCUT2D eigenvalue weighted by Gasteiger charge is 2.23. The Hall–Kier alpha value is -3.15. The molecule has 3 aromatic rings. The van der Waals surface area contributed by atoms with Gasteiger partial charge < -0.3 is 14.5 Å². The van der Waals surface area contributed by atoms with Crippen molar-refractivity contribution in [2.45, 2.75) is 13.8 Å². The predicted molar refractivity (Wildman–Crippen MR) is 88.6 cm³/mol. The molecule has 0 fully saturated rings. The molecule has 0 saturated heterocycles. The summed E-state index contributed by atoms with van der Waals surface area (Å²) in [4.78, 5) is 31.4. The predicted octanol–water partition coefficient (Wildman–Crippen LogP) is 3.04. The van der Waals surface area contributed by atoms with E-state index in [0.29, 0.717) is 16.7 Å². The van der Waals surface area contributed by atoms with Crippen LogP contribution in [0.4, 0.5) is 0 Å². The average Bonchev–Trinajstić information content (AvgIpc) is 2.91. The number of esters is 1. The molecule has 2 heterocycles. The van der Waals surface area contributed by atoms with Crippen molar-refractivity contribution in [3.05, 3.63) is 53.5 Å². The fourth-order valence-electron chi connectivity index (χ4n) is 2.48. The second-order valence-corrected chi connectivity index (χ2v) is 5.38. The Bertz CT molecular complexity index is 943. The maximum absolute atomic E-state index is 12.8. The van der Waals surface area contributed by atoms with Gasteiger partial charge in [0.2, 0.25) is 5.78 Å². The number of ether oxygens (including phenoxy) is 2. The van der Waals surface area contributed by atoms with E-state index in [0.717, 1.165) is 5.56 Å². The molecule has 0 aliphatic rings. The van der Waals surface area contributed by atoms with Crippen molar-refractivity contribution in [2.24, 2.45) is 0 Å². The van der Waals surface area contributed by atoms with Crippen LogP contribution >= 0.6 is 0 Å². The van der Waals surface area contributed by atoms with Gasteiger partial charge in [0.25, 0.3) is 0 Å². The number of aryl methyl sites for hydroxylation is 1. The van der Waals surface area contributed by atoms with Crippen LogP contribution in [0.5, 0.6) is 11.5 Å². The van der Waals surface area contributed by atoms with Gasteiger partial charge in [0.05, 0.1) is 12.6 Å². The van der Waals surface area contributed by atoms with E-state index in [4.69, 9.17) is 9.47 Å². The lowest BCUT2D eigenvalue weighted by molar-refractivity contribution is -0.131. The summed E-state index contributed by atoms with van der Waals surface area (Å²) in [7, 11) is 1.56. The number of H-pyrrole nitrogens is 1. The maximum Gasteiger partial charge on any atom is 0.308 e. The quantitative estimate of drug-likeness (QED) is 0.589. The Morgan fingerprint density at radius 1 is 1.17 bits per heavy atom. The third-order valence-electron chi connectivity index (χ3n) is 3.58. The number of carbonyl (C=O) groups excluding carboxylic acids is 2. The summed E-state index contributed by atoms with van der Waals surface area (Å²) >= 11 is 0. The van der Waals surface area contributed by atoms with Crippen LogP contribution in [-0.2, 0) is 4.79 Å². The van der Waals surface area contributed by atoms with Crippen LogP contribution in [0.15, 0.2) is 36.5 Å². The maximum atomic E-state index is 12.8. The molecule has 0 aliphatic carbocycles. The molecule has 0 amide bonds. The molecule has 122 valence electrons. The van der Waals surface area contributed by atoms with E-state index in [1.807, 2.05) is 6.92 Å². The van der Waals surface area contributed by atoms with Crippen molar-refractivity contribution in [2.75, 3.05) is 7.11 Å². The van der Waals surface area contributed by atoms with E-state index >= 15 is 0 Å².